The van der Waals surface area contributed by atoms with Crippen molar-refractivity contribution in [1.29, 1.82) is 0 Å². The summed E-state index contributed by atoms with van der Waals surface area (Å²) in [7, 11) is 0. The lowest BCUT2D eigenvalue weighted by Crippen LogP contribution is -2.38. The Labute approximate surface area is 161 Å². The van der Waals surface area contributed by atoms with Crippen molar-refractivity contribution in [2.24, 2.45) is 0 Å². The fourth-order valence-electron chi connectivity index (χ4n) is 2.70. The number of alkyl halides is 3. The summed E-state index contributed by atoms with van der Waals surface area (Å²) < 4.78 is 67.5. The van der Waals surface area contributed by atoms with E-state index in [0.29, 0.717) is 12.5 Å². The van der Waals surface area contributed by atoms with E-state index in [9.17, 15) is 26.1 Å². The summed E-state index contributed by atoms with van der Waals surface area (Å²) in [5, 5.41) is 0. The highest BCUT2D eigenvalue weighted by molar-refractivity contribution is 6.60. The van der Waals surface area contributed by atoms with Crippen molar-refractivity contribution in [3.05, 3.63) is 54.1 Å². The van der Waals surface area contributed by atoms with Gasteiger partial charge in [0.15, 0.2) is 0 Å². The van der Waals surface area contributed by atoms with Crippen LogP contribution in [-0.4, -0.2) is 17.6 Å². The molecule has 154 valence electrons. The number of nitrogens with zero attached hydrogens (tertiary/aromatic N) is 2. The van der Waals surface area contributed by atoms with Gasteiger partial charge in [-0.25, -0.2) is 22.3 Å². The van der Waals surface area contributed by atoms with Gasteiger partial charge in [0, 0.05) is 0 Å². The molecule has 0 amide bonds. The minimum absolute atomic E-state index is 0.537. The summed E-state index contributed by atoms with van der Waals surface area (Å²) in [4.78, 5) is 0. The predicted molar refractivity (Wildman–Crippen MR) is 97.5 cm³/mol. The highest BCUT2D eigenvalue weighted by atomic mass is 19.4. The van der Waals surface area contributed by atoms with E-state index in [1.807, 2.05) is 6.07 Å². The molecule has 0 aliphatic rings. The molecule has 0 unspecified atom stereocenters. The van der Waals surface area contributed by atoms with Crippen LogP contribution in [0.15, 0.2) is 42.7 Å². The van der Waals surface area contributed by atoms with E-state index >= 15 is 0 Å². The molecule has 0 fully saturated rings. The average Bonchev–Trinajstić information content (AvgIpc) is 2.99. The molecular formula is C19H23BF6N2. The van der Waals surface area contributed by atoms with Gasteiger partial charge in [0.2, 0.25) is 0 Å². The first-order valence-corrected chi connectivity index (χ1v) is 8.87. The van der Waals surface area contributed by atoms with Crippen LogP contribution in [0, 0.1) is 12.3 Å². The number of hydrogen-bond acceptors (Lipinski definition) is 0. The molecular weight excluding hydrogens is 381 g/mol. The fraction of sp³-hybridized carbons (Fsp3) is 0.421. The van der Waals surface area contributed by atoms with Crippen molar-refractivity contribution >= 4 is 6.98 Å². The maximum atomic E-state index is 10.5. The molecule has 0 saturated carbocycles. The van der Waals surface area contributed by atoms with Gasteiger partial charge in [-0.15, -0.1) is 6.42 Å². The van der Waals surface area contributed by atoms with Crippen molar-refractivity contribution in [3.8, 4) is 12.3 Å². The van der Waals surface area contributed by atoms with Gasteiger partial charge in [0.05, 0.1) is 0 Å². The van der Waals surface area contributed by atoms with Gasteiger partial charge in [-0.2, -0.15) is 0 Å². The lowest BCUT2D eigenvalue weighted by Gasteiger charge is -2.16. The molecule has 0 radical (unpaired) electrons. The van der Waals surface area contributed by atoms with Gasteiger partial charge in [-0.1, -0.05) is 50.1 Å². The molecule has 2 aromatic rings. The van der Waals surface area contributed by atoms with Crippen LogP contribution in [0.5, 0.6) is 0 Å². The van der Waals surface area contributed by atoms with Crippen molar-refractivity contribution < 1.29 is 30.7 Å². The van der Waals surface area contributed by atoms with E-state index in [4.69, 9.17) is 6.42 Å². The summed E-state index contributed by atoms with van der Waals surface area (Å²) in [5.41, 5.74) is 1.30. The third-order valence-electron chi connectivity index (χ3n) is 4.20. The Hall–Kier alpha value is -2.37. The van der Waals surface area contributed by atoms with E-state index in [-0.39, 0.29) is 0 Å². The predicted octanol–water partition coefficient (Wildman–Crippen LogP) is 5.30. The van der Waals surface area contributed by atoms with Crippen LogP contribution in [0.4, 0.5) is 26.1 Å². The first kappa shape index (κ1) is 23.7. The summed E-state index contributed by atoms with van der Waals surface area (Å²) in [6, 6.07) is 11.0. The lowest BCUT2D eigenvalue weighted by molar-refractivity contribution is -0.694. The zero-order valence-electron chi connectivity index (χ0n) is 15.8. The first-order valence-electron chi connectivity index (χ1n) is 8.87. The van der Waals surface area contributed by atoms with Crippen LogP contribution in [0.2, 0.25) is 0 Å². The SMILES string of the molecule is C#CCc1n(C(CC)CC)cc[n+]1Cc1ccccc1.F[B-](F)(F)C(F)(F)F. The van der Waals surface area contributed by atoms with E-state index in [1.54, 1.807) is 0 Å². The fourth-order valence-corrected chi connectivity index (χ4v) is 2.70. The van der Waals surface area contributed by atoms with Gasteiger partial charge in [-0.3, -0.25) is 0 Å². The second-order valence-corrected chi connectivity index (χ2v) is 6.20. The monoisotopic (exact) mass is 404 g/mol. The standard InChI is InChI=1S/C18H23N2.CBF6/c1-4-10-18-19(15-16-11-8-7-9-12-16)13-14-20(18)17(5-2)6-3;3-1(4,5)2(6,7)8/h1,7-9,11-14,17H,5-6,10,15H2,2-3H3;/q+1;-1. The molecule has 1 heterocycles. The zero-order chi connectivity index (χ0) is 21.4. The third-order valence-corrected chi connectivity index (χ3v) is 4.20. The molecule has 0 atom stereocenters. The summed E-state index contributed by atoms with van der Waals surface area (Å²) in [6.45, 7) is -1.30. The van der Waals surface area contributed by atoms with Gasteiger partial charge in [0.25, 0.3) is 5.82 Å². The van der Waals surface area contributed by atoms with Gasteiger partial charge >= 0.3 is 13.1 Å². The smallest absolute Gasteiger partial charge is 0.443 e. The Morgan fingerprint density at radius 3 is 2.07 bits per heavy atom. The molecule has 1 aromatic carbocycles. The number of halogens is 6. The van der Waals surface area contributed by atoms with Crippen molar-refractivity contribution in [2.75, 3.05) is 0 Å². The Morgan fingerprint density at radius 2 is 1.64 bits per heavy atom. The Bertz CT molecular complexity index is 743. The van der Waals surface area contributed by atoms with Crippen molar-refractivity contribution in [3.63, 3.8) is 0 Å². The van der Waals surface area contributed by atoms with E-state index in [2.05, 4.69) is 65.6 Å². The Balaban J connectivity index is 0.000000416. The number of hydrogen-bond donors (Lipinski definition) is 0. The molecule has 1 aromatic heterocycles. The molecule has 0 spiro atoms. The Morgan fingerprint density at radius 1 is 1.11 bits per heavy atom. The second-order valence-electron chi connectivity index (χ2n) is 6.20. The zero-order valence-corrected chi connectivity index (χ0v) is 15.8. The second kappa shape index (κ2) is 10.3. The molecule has 28 heavy (non-hydrogen) atoms. The summed E-state index contributed by atoms with van der Waals surface area (Å²) in [6.07, 6.45) is 6.82. The number of benzene rings is 1. The first-order chi connectivity index (χ1) is 13.0. The van der Waals surface area contributed by atoms with Crippen LogP contribution in [0.25, 0.3) is 0 Å². The highest BCUT2D eigenvalue weighted by Crippen LogP contribution is 2.31. The minimum atomic E-state index is -6.65. The maximum absolute atomic E-state index is 10.5. The molecule has 0 aliphatic carbocycles. The van der Waals surface area contributed by atoms with Gasteiger partial charge < -0.3 is 12.9 Å². The minimum Gasteiger partial charge on any atom is -0.443 e. The van der Waals surface area contributed by atoms with E-state index in [1.165, 1.54) is 11.4 Å². The van der Waals surface area contributed by atoms with Crippen LogP contribution < -0.4 is 4.57 Å². The number of imidazole rings is 1. The van der Waals surface area contributed by atoms with Crippen LogP contribution in [0.1, 0.15) is 44.1 Å². The largest absolute Gasteiger partial charge is 0.583 e. The molecule has 0 aliphatic heterocycles. The summed E-state index contributed by atoms with van der Waals surface area (Å²) in [5.74, 6) is 4.02. The third kappa shape index (κ3) is 6.66. The molecule has 0 bridgehead atoms. The number of aromatic nitrogens is 2. The van der Waals surface area contributed by atoms with Crippen LogP contribution in [0.3, 0.4) is 0 Å². The van der Waals surface area contributed by atoms with Crippen LogP contribution in [-0.2, 0) is 13.0 Å². The Kier molecular flexibility index (Phi) is 8.67. The van der Waals surface area contributed by atoms with E-state index in [0.717, 1.165) is 19.4 Å². The highest BCUT2D eigenvalue weighted by Gasteiger charge is 2.53. The quantitative estimate of drug-likeness (QED) is 0.268. The van der Waals surface area contributed by atoms with Crippen molar-refractivity contribution in [1.82, 2.24) is 4.57 Å². The maximum Gasteiger partial charge on any atom is 0.583 e. The summed E-state index contributed by atoms with van der Waals surface area (Å²) >= 11 is 0. The van der Waals surface area contributed by atoms with Gasteiger partial charge in [-0.05, 0) is 18.4 Å². The average molecular weight is 404 g/mol. The lowest BCUT2D eigenvalue weighted by atomic mass is 9.92. The van der Waals surface area contributed by atoms with Crippen LogP contribution >= 0.6 is 0 Å². The molecule has 0 saturated heterocycles. The molecule has 2 nitrogen and oxygen atoms in total. The topological polar surface area (TPSA) is 8.81 Å². The normalized spacial score (nSPS) is 11.7. The number of rotatable bonds is 6. The molecule has 0 N–H and O–H groups in total. The van der Waals surface area contributed by atoms with Crippen molar-refractivity contribution in [2.45, 2.75) is 51.8 Å². The van der Waals surface area contributed by atoms with Gasteiger partial charge in [0.1, 0.15) is 31.4 Å². The van der Waals surface area contributed by atoms with E-state index < -0.39 is 13.1 Å². The molecule has 2 rings (SSSR count). The molecule has 9 heteroatoms. The number of terminal acetylenes is 1.